The predicted molar refractivity (Wildman–Crippen MR) is 79.7 cm³/mol. The summed E-state index contributed by atoms with van der Waals surface area (Å²) in [5.74, 6) is 1.10. The van der Waals surface area contributed by atoms with Crippen LogP contribution >= 0.6 is 23.2 Å². The first-order chi connectivity index (χ1) is 9.09. The van der Waals surface area contributed by atoms with Crippen LogP contribution < -0.4 is 5.73 Å². The van der Waals surface area contributed by atoms with Crippen LogP contribution in [0.2, 0.25) is 10.0 Å². The summed E-state index contributed by atoms with van der Waals surface area (Å²) in [5.41, 5.74) is 8.91. The molecule has 0 radical (unpaired) electrons. The van der Waals surface area contributed by atoms with Gasteiger partial charge in [-0.1, -0.05) is 35.7 Å². The van der Waals surface area contributed by atoms with Gasteiger partial charge in [0.2, 0.25) is 0 Å². The normalized spacial score (nSPS) is 15.5. The van der Waals surface area contributed by atoms with E-state index < -0.39 is 0 Å². The number of anilines is 1. The fourth-order valence-corrected chi connectivity index (χ4v) is 3.11. The smallest absolute Gasteiger partial charge is 0.129 e. The summed E-state index contributed by atoms with van der Waals surface area (Å²) in [4.78, 5) is 0. The van der Waals surface area contributed by atoms with Crippen molar-refractivity contribution in [3.8, 4) is 11.1 Å². The monoisotopic (exact) mass is 295 g/mol. The lowest BCUT2D eigenvalue weighted by Crippen LogP contribution is -2.10. The largest absolute Gasteiger partial charge is 0.383 e. The second-order valence-corrected chi connectivity index (χ2v) is 5.81. The van der Waals surface area contributed by atoms with Gasteiger partial charge >= 0.3 is 0 Å². The fraction of sp³-hybridized carbons (Fsp3) is 0.357. The van der Waals surface area contributed by atoms with Crippen molar-refractivity contribution in [1.29, 1.82) is 0 Å². The topological polar surface area (TPSA) is 43.8 Å². The minimum Gasteiger partial charge on any atom is -0.383 e. The van der Waals surface area contributed by atoms with Gasteiger partial charge in [0.15, 0.2) is 0 Å². The highest BCUT2D eigenvalue weighted by Crippen LogP contribution is 2.46. The van der Waals surface area contributed by atoms with Crippen molar-refractivity contribution in [2.75, 3.05) is 5.73 Å². The van der Waals surface area contributed by atoms with Crippen LogP contribution in [0, 0.1) is 0 Å². The highest BCUT2D eigenvalue weighted by atomic mass is 35.5. The van der Waals surface area contributed by atoms with Crippen LogP contribution in [0.4, 0.5) is 5.82 Å². The summed E-state index contributed by atoms with van der Waals surface area (Å²) in [6, 6.07) is 5.50. The predicted octanol–water partition coefficient (Wildman–Crippen LogP) is 4.24. The third-order valence-electron chi connectivity index (χ3n) is 3.82. The Hall–Kier alpha value is -1.19. The Balaban J connectivity index is 2.24. The molecular weight excluding hydrogens is 281 g/mol. The molecular formula is C14H15Cl2N3. The van der Waals surface area contributed by atoms with E-state index >= 15 is 0 Å². The molecule has 0 saturated heterocycles. The van der Waals surface area contributed by atoms with Crippen molar-refractivity contribution >= 4 is 29.0 Å². The number of halogens is 2. The Kier molecular flexibility index (Phi) is 3.19. The molecule has 3 rings (SSSR count). The van der Waals surface area contributed by atoms with Crippen molar-refractivity contribution in [2.45, 2.75) is 25.2 Å². The average molecular weight is 296 g/mol. The van der Waals surface area contributed by atoms with Gasteiger partial charge in [0.1, 0.15) is 5.82 Å². The number of aryl methyl sites for hydroxylation is 1. The lowest BCUT2D eigenvalue weighted by molar-refractivity contribution is 0.408. The maximum atomic E-state index is 6.31. The second kappa shape index (κ2) is 4.73. The van der Waals surface area contributed by atoms with Crippen LogP contribution in [0.5, 0.6) is 0 Å². The van der Waals surface area contributed by atoms with E-state index in [4.69, 9.17) is 28.9 Å². The van der Waals surface area contributed by atoms with Crippen LogP contribution in [0.3, 0.4) is 0 Å². The molecule has 0 bridgehead atoms. The molecule has 2 aromatic rings. The molecule has 5 heteroatoms. The maximum Gasteiger partial charge on any atom is 0.129 e. The Morgan fingerprint density at radius 2 is 1.84 bits per heavy atom. The number of nitrogens with two attached hydrogens (primary N) is 1. The fourth-order valence-electron chi connectivity index (χ4n) is 2.52. The first kappa shape index (κ1) is 12.8. The molecule has 0 amide bonds. The van der Waals surface area contributed by atoms with E-state index in [9.17, 15) is 0 Å². The quantitative estimate of drug-likeness (QED) is 0.900. The number of aromatic nitrogens is 2. The number of rotatable bonds is 2. The maximum absolute atomic E-state index is 6.31. The zero-order valence-corrected chi connectivity index (χ0v) is 12.2. The lowest BCUT2D eigenvalue weighted by Gasteiger charge is -2.24. The minimum absolute atomic E-state index is 0.478. The average Bonchev–Trinajstić information content (AvgIpc) is 2.55. The zero-order chi connectivity index (χ0) is 13.6. The highest BCUT2D eigenvalue weighted by molar-refractivity contribution is 6.39. The first-order valence-electron chi connectivity index (χ1n) is 6.36. The molecule has 0 aliphatic heterocycles. The van der Waals surface area contributed by atoms with Crippen LogP contribution in [0.1, 0.15) is 30.9 Å². The van der Waals surface area contributed by atoms with Crippen molar-refractivity contribution in [3.05, 3.63) is 33.9 Å². The van der Waals surface area contributed by atoms with E-state index in [1.807, 2.05) is 25.2 Å². The van der Waals surface area contributed by atoms with Gasteiger partial charge in [0.25, 0.3) is 0 Å². The molecule has 1 aliphatic rings. The van der Waals surface area contributed by atoms with Crippen LogP contribution in [0.25, 0.3) is 11.1 Å². The number of hydrogen-bond donors (Lipinski definition) is 1. The van der Waals surface area contributed by atoms with E-state index in [2.05, 4.69) is 5.10 Å². The molecule has 1 aromatic carbocycles. The number of nitrogen functional groups attached to an aromatic ring is 1. The van der Waals surface area contributed by atoms with Gasteiger partial charge in [-0.25, -0.2) is 0 Å². The molecule has 1 fully saturated rings. The van der Waals surface area contributed by atoms with Crippen molar-refractivity contribution < 1.29 is 0 Å². The molecule has 0 atom stereocenters. The highest BCUT2D eigenvalue weighted by Gasteiger charge is 2.29. The van der Waals surface area contributed by atoms with E-state index in [1.54, 1.807) is 4.68 Å². The molecule has 19 heavy (non-hydrogen) atoms. The number of nitrogens with zero attached hydrogens (tertiary/aromatic N) is 2. The molecule has 0 unspecified atom stereocenters. The summed E-state index contributed by atoms with van der Waals surface area (Å²) in [7, 11) is 1.85. The van der Waals surface area contributed by atoms with Crippen LogP contribution in [-0.2, 0) is 7.05 Å². The zero-order valence-electron chi connectivity index (χ0n) is 10.7. The lowest BCUT2D eigenvalue weighted by atomic mass is 9.80. The molecule has 0 spiro atoms. The standard InChI is InChI=1S/C14H15Cl2N3/c1-19-14(17)12(13(18-19)8-4-2-5-8)11-9(15)6-3-7-10(11)16/h3,6-8H,2,4-5,17H2,1H3. The van der Waals surface area contributed by atoms with E-state index in [0.29, 0.717) is 21.8 Å². The molecule has 1 saturated carbocycles. The third-order valence-corrected chi connectivity index (χ3v) is 4.45. The van der Waals surface area contributed by atoms with Gasteiger partial charge in [-0.15, -0.1) is 0 Å². The number of benzene rings is 1. The Bertz CT molecular complexity index is 610. The van der Waals surface area contributed by atoms with Crippen molar-refractivity contribution in [1.82, 2.24) is 9.78 Å². The Morgan fingerprint density at radius 1 is 1.21 bits per heavy atom. The minimum atomic E-state index is 0.478. The van der Waals surface area contributed by atoms with Crippen LogP contribution in [-0.4, -0.2) is 9.78 Å². The van der Waals surface area contributed by atoms with Crippen LogP contribution in [0.15, 0.2) is 18.2 Å². The van der Waals surface area contributed by atoms with E-state index in [-0.39, 0.29) is 0 Å². The molecule has 2 N–H and O–H groups in total. The van der Waals surface area contributed by atoms with Crippen molar-refractivity contribution in [2.24, 2.45) is 7.05 Å². The summed E-state index contributed by atoms with van der Waals surface area (Å²) in [5, 5.41) is 5.80. The molecule has 3 nitrogen and oxygen atoms in total. The summed E-state index contributed by atoms with van der Waals surface area (Å²) < 4.78 is 1.71. The molecule has 100 valence electrons. The summed E-state index contributed by atoms with van der Waals surface area (Å²) >= 11 is 12.6. The van der Waals surface area contributed by atoms with Gasteiger partial charge in [0, 0.05) is 18.5 Å². The van der Waals surface area contributed by atoms with Gasteiger partial charge in [-0.2, -0.15) is 5.10 Å². The van der Waals surface area contributed by atoms with E-state index in [1.165, 1.54) is 6.42 Å². The molecule has 1 heterocycles. The molecule has 1 aromatic heterocycles. The van der Waals surface area contributed by atoms with Crippen molar-refractivity contribution in [3.63, 3.8) is 0 Å². The summed E-state index contributed by atoms with van der Waals surface area (Å²) in [6.45, 7) is 0. The second-order valence-electron chi connectivity index (χ2n) is 4.99. The SMILES string of the molecule is Cn1nc(C2CCC2)c(-c2c(Cl)cccc2Cl)c1N. The third kappa shape index (κ3) is 2.01. The van der Waals surface area contributed by atoms with Gasteiger partial charge in [-0.3, -0.25) is 4.68 Å². The molecule has 1 aliphatic carbocycles. The van der Waals surface area contributed by atoms with Gasteiger partial charge in [0.05, 0.1) is 21.3 Å². The Labute approximate surface area is 122 Å². The summed E-state index contributed by atoms with van der Waals surface area (Å²) in [6.07, 6.45) is 3.56. The number of hydrogen-bond acceptors (Lipinski definition) is 2. The van der Waals surface area contributed by atoms with Gasteiger partial charge < -0.3 is 5.73 Å². The first-order valence-corrected chi connectivity index (χ1v) is 7.12. The van der Waals surface area contributed by atoms with E-state index in [0.717, 1.165) is 29.7 Å². The van der Waals surface area contributed by atoms with Gasteiger partial charge in [-0.05, 0) is 25.0 Å². The Morgan fingerprint density at radius 3 is 2.37 bits per heavy atom.